The summed E-state index contributed by atoms with van der Waals surface area (Å²) < 4.78 is 26.4. The highest BCUT2D eigenvalue weighted by atomic mass is 35.5. The van der Waals surface area contributed by atoms with Gasteiger partial charge >= 0.3 is 0 Å². The van der Waals surface area contributed by atoms with Crippen LogP contribution in [0.5, 0.6) is 0 Å². The van der Waals surface area contributed by atoms with Crippen LogP contribution in [0.2, 0.25) is 15.1 Å². The molecule has 8 heteroatoms. The summed E-state index contributed by atoms with van der Waals surface area (Å²) in [5.41, 5.74) is 0. The van der Waals surface area contributed by atoms with E-state index in [1.165, 1.54) is 12.1 Å². The molecule has 0 bridgehead atoms. The van der Waals surface area contributed by atoms with Gasteiger partial charge in [0.1, 0.15) is 4.90 Å². The predicted octanol–water partition coefficient (Wildman–Crippen LogP) is 2.70. The Morgan fingerprint density at radius 2 is 1.89 bits per heavy atom. The molecule has 1 rings (SSSR count). The molecule has 18 heavy (non-hydrogen) atoms. The van der Waals surface area contributed by atoms with E-state index < -0.39 is 16.1 Å². The maximum absolute atomic E-state index is 12.0. The SMILES string of the molecule is CC[C@@H](CO)NS(=O)(=O)c1ccc(Cl)c(Cl)c1Cl. The number of hydrogen-bond donors (Lipinski definition) is 2. The molecular formula is C10H12Cl3NO3S. The third-order valence-corrected chi connectivity index (χ3v) is 5.29. The molecular weight excluding hydrogens is 321 g/mol. The lowest BCUT2D eigenvalue weighted by molar-refractivity contribution is 0.254. The quantitative estimate of drug-likeness (QED) is 0.815. The van der Waals surface area contributed by atoms with Crippen molar-refractivity contribution >= 4 is 44.8 Å². The molecule has 1 aromatic carbocycles. The van der Waals surface area contributed by atoms with E-state index in [1.54, 1.807) is 6.92 Å². The van der Waals surface area contributed by atoms with Gasteiger partial charge in [0.15, 0.2) is 0 Å². The van der Waals surface area contributed by atoms with Crippen molar-refractivity contribution in [2.75, 3.05) is 6.61 Å². The van der Waals surface area contributed by atoms with E-state index in [0.29, 0.717) is 6.42 Å². The molecule has 4 nitrogen and oxygen atoms in total. The van der Waals surface area contributed by atoms with Crippen LogP contribution >= 0.6 is 34.8 Å². The van der Waals surface area contributed by atoms with E-state index in [9.17, 15) is 8.42 Å². The number of rotatable bonds is 5. The van der Waals surface area contributed by atoms with Crippen LogP contribution in [0.15, 0.2) is 17.0 Å². The lowest BCUT2D eigenvalue weighted by atomic mass is 10.3. The van der Waals surface area contributed by atoms with E-state index in [0.717, 1.165) is 0 Å². The van der Waals surface area contributed by atoms with Gasteiger partial charge in [0, 0.05) is 6.04 Å². The van der Waals surface area contributed by atoms with Crippen molar-refractivity contribution in [3.63, 3.8) is 0 Å². The summed E-state index contributed by atoms with van der Waals surface area (Å²) in [6, 6.07) is 2.05. The summed E-state index contributed by atoms with van der Waals surface area (Å²) in [4.78, 5) is -0.162. The average Bonchev–Trinajstić information content (AvgIpc) is 2.32. The van der Waals surface area contributed by atoms with Gasteiger partial charge in [0.25, 0.3) is 0 Å². The highest BCUT2D eigenvalue weighted by molar-refractivity contribution is 7.89. The first-order valence-corrected chi connectivity index (χ1v) is 7.71. The number of benzene rings is 1. The second-order valence-corrected chi connectivity index (χ2v) is 6.43. The fourth-order valence-electron chi connectivity index (χ4n) is 1.25. The molecule has 0 saturated carbocycles. The summed E-state index contributed by atoms with van der Waals surface area (Å²) in [6.45, 7) is 1.45. The normalized spacial score (nSPS) is 13.6. The van der Waals surface area contributed by atoms with Crippen molar-refractivity contribution in [2.45, 2.75) is 24.3 Å². The van der Waals surface area contributed by atoms with Crippen LogP contribution in [0.3, 0.4) is 0 Å². The number of nitrogens with one attached hydrogen (secondary N) is 1. The van der Waals surface area contributed by atoms with E-state index in [-0.39, 0.29) is 26.6 Å². The maximum atomic E-state index is 12.0. The largest absolute Gasteiger partial charge is 0.395 e. The van der Waals surface area contributed by atoms with Crippen LogP contribution in [0.4, 0.5) is 0 Å². The molecule has 0 radical (unpaired) electrons. The Morgan fingerprint density at radius 3 is 2.39 bits per heavy atom. The standard InChI is InChI=1S/C10H12Cl3NO3S/c1-2-6(5-15)14-18(16,17)8-4-3-7(11)9(12)10(8)13/h3-4,6,14-15H,2,5H2,1H3/t6-/m0/s1. The van der Waals surface area contributed by atoms with Crippen molar-refractivity contribution in [1.29, 1.82) is 0 Å². The van der Waals surface area contributed by atoms with Crippen molar-refractivity contribution < 1.29 is 13.5 Å². The molecule has 0 amide bonds. The monoisotopic (exact) mass is 331 g/mol. The maximum Gasteiger partial charge on any atom is 0.242 e. The number of hydrogen-bond acceptors (Lipinski definition) is 3. The molecule has 2 N–H and O–H groups in total. The van der Waals surface area contributed by atoms with Crippen LogP contribution in [0.25, 0.3) is 0 Å². The Hall–Kier alpha value is -0.0400. The predicted molar refractivity (Wildman–Crippen MR) is 73.0 cm³/mol. The second kappa shape index (κ2) is 6.41. The first-order valence-electron chi connectivity index (χ1n) is 5.10. The van der Waals surface area contributed by atoms with Gasteiger partial charge < -0.3 is 5.11 Å². The summed E-state index contributed by atoms with van der Waals surface area (Å²) in [5.74, 6) is 0. The van der Waals surface area contributed by atoms with Gasteiger partial charge in [-0.25, -0.2) is 13.1 Å². The summed E-state index contributed by atoms with van der Waals surface area (Å²) in [6.07, 6.45) is 0.453. The number of aliphatic hydroxyl groups excluding tert-OH is 1. The molecule has 0 unspecified atom stereocenters. The first-order chi connectivity index (χ1) is 8.33. The smallest absolute Gasteiger partial charge is 0.242 e. The molecule has 0 aromatic heterocycles. The molecule has 0 spiro atoms. The van der Waals surface area contributed by atoms with Gasteiger partial charge in [-0.15, -0.1) is 0 Å². The zero-order valence-corrected chi connectivity index (χ0v) is 12.5. The van der Waals surface area contributed by atoms with Gasteiger partial charge in [-0.05, 0) is 18.6 Å². The highest BCUT2D eigenvalue weighted by Crippen LogP contribution is 2.34. The average molecular weight is 333 g/mol. The Balaban J connectivity index is 3.17. The van der Waals surface area contributed by atoms with Crippen LogP contribution in [-0.2, 0) is 10.0 Å². The molecule has 1 atom stereocenters. The fraction of sp³-hybridized carbons (Fsp3) is 0.400. The van der Waals surface area contributed by atoms with E-state index in [1.807, 2.05) is 0 Å². The molecule has 0 aliphatic rings. The van der Waals surface area contributed by atoms with Gasteiger partial charge in [0.05, 0.1) is 21.7 Å². The summed E-state index contributed by atoms with van der Waals surface area (Å²) >= 11 is 17.4. The molecule has 1 aromatic rings. The van der Waals surface area contributed by atoms with Gasteiger partial charge in [-0.2, -0.15) is 0 Å². The van der Waals surface area contributed by atoms with Crippen LogP contribution in [-0.4, -0.2) is 26.2 Å². The van der Waals surface area contributed by atoms with Gasteiger partial charge in [-0.3, -0.25) is 0 Å². The van der Waals surface area contributed by atoms with Crippen LogP contribution in [0, 0.1) is 0 Å². The Morgan fingerprint density at radius 1 is 1.28 bits per heavy atom. The summed E-state index contributed by atoms with van der Waals surface area (Å²) in [5, 5.41) is 9.02. The lowest BCUT2D eigenvalue weighted by Crippen LogP contribution is -2.37. The van der Waals surface area contributed by atoms with Crippen molar-refractivity contribution in [2.24, 2.45) is 0 Å². The van der Waals surface area contributed by atoms with Gasteiger partial charge in [0.2, 0.25) is 10.0 Å². The molecule has 0 fully saturated rings. The third kappa shape index (κ3) is 3.50. The van der Waals surface area contributed by atoms with Crippen LogP contribution in [0.1, 0.15) is 13.3 Å². The minimum atomic E-state index is -3.84. The van der Waals surface area contributed by atoms with Gasteiger partial charge in [-0.1, -0.05) is 41.7 Å². The van der Waals surface area contributed by atoms with E-state index >= 15 is 0 Å². The number of aliphatic hydroxyl groups is 1. The van der Waals surface area contributed by atoms with E-state index in [4.69, 9.17) is 39.9 Å². The zero-order chi connectivity index (χ0) is 13.9. The topological polar surface area (TPSA) is 66.4 Å². The Kier molecular flexibility index (Phi) is 5.70. The minimum Gasteiger partial charge on any atom is -0.395 e. The number of sulfonamides is 1. The molecule has 0 heterocycles. The molecule has 102 valence electrons. The lowest BCUT2D eigenvalue weighted by Gasteiger charge is -2.15. The third-order valence-electron chi connectivity index (χ3n) is 2.32. The highest BCUT2D eigenvalue weighted by Gasteiger charge is 2.23. The Labute approximate surface area is 121 Å². The van der Waals surface area contributed by atoms with E-state index in [2.05, 4.69) is 4.72 Å². The molecule has 0 aliphatic heterocycles. The molecule has 0 aliphatic carbocycles. The first kappa shape index (κ1) is 16.0. The minimum absolute atomic E-state index is 0.0155. The fourth-order valence-corrected chi connectivity index (χ4v) is 3.54. The number of halogens is 3. The van der Waals surface area contributed by atoms with Crippen molar-refractivity contribution in [3.8, 4) is 0 Å². The zero-order valence-electron chi connectivity index (χ0n) is 9.45. The van der Waals surface area contributed by atoms with Crippen LogP contribution < -0.4 is 4.72 Å². The summed E-state index contributed by atoms with van der Waals surface area (Å²) in [7, 11) is -3.84. The Bertz CT molecular complexity index is 529. The molecule has 0 saturated heterocycles. The van der Waals surface area contributed by atoms with Crippen molar-refractivity contribution in [3.05, 3.63) is 27.2 Å². The van der Waals surface area contributed by atoms with Crippen molar-refractivity contribution in [1.82, 2.24) is 4.72 Å². The second-order valence-electron chi connectivity index (χ2n) is 3.58.